The van der Waals surface area contributed by atoms with Crippen LogP contribution in [0.4, 0.5) is 0 Å². The maximum absolute atomic E-state index is 12.0. The summed E-state index contributed by atoms with van der Waals surface area (Å²) in [4.78, 5) is 24.0. The van der Waals surface area contributed by atoms with Gasteiger partial charge in [-0.05, 0) is 59.7 Å². The van der Waals surface area contributed by atoms with E-state index in [0.717, 1.165) is 11.1 Å². The van der Waals surface area contributed by atoms with Crippen molar-refractivity contribution in [3.8, 4) is 22.9 Å². The van der Waals surface area contributed by atoms with Gasteiger partial charge in [0.15, 0.2) is 0 Å². The number of hydrogen-bond donors (Lipinski definition) is 1. The number of halogens is 1. The van der Waals surface area contributed by atoms with E-state index in [1.807, 2.05) is 24.3 Å². The van der Waals surface area contributed by atoms with Gasteiger partial charge in [-0.1, -0.05) is 35.9 Å². The van der Waals surface area contributed by atoms with Gasteiger partial charge in [0, 0.05) is 17.1 Å². The Labute approximate surface area is 173 Å². The molecule has 0 aromatic heterocycles. The Morgan fingerprint density at radius 2 is 1.48 bits per heavy atom. The minimum absolute atomic E-state index is 0.0523. The van der Waals surface area contributed by atoms with Gasteiger partial charge < -0.3 is 10.1 Å². The van der Waals surface area contributed by atoms with Crippen LogP contribution in [0.25, 0.3) is 11.1 Å². The Balaban J connectivity index is 1.48. The molecule has 0 aliphatic rings. The molecule has 3 rings (SSSR count). The van der Waals surface area contributed by atoms with Crippen LogP contribution in [0.1, 0.15) is 22.3 Å². The minimum Gasteiger partial charge on any atom is -0.426 e. The summed E-state index contributed by atoms with van der Waals surface area (Å²) in [5.74, 6) is -0.287. The number of carbonyl (C=O) groups is 2. The summed E-state index contributed by atoms with van der Waals surface area (Å²) < 4.78 is 5.29. The zero-order valence-electron chi connectivity index (χ0n) is 15.4. The SMILES string of the molecule is N#Cc1ccc(-c2ccc(OC(=O)CCNC(=O)c3ccc(Cl)cc3)cc2)cc1. The summed E-state index contributed by atoms with van der Waals surface area (Å²) in [7, 11) is 0. The van der Waals surface area contributed by atoms with Crippen LogP contribution >= 0.6 is 11.6 Å². The highest BCUT2D eigenvalue weighted by atomic mass is 35.5. The summed E-state index contributed by atoms with van der Waals surface area (Å²) in [5.41, 5.74) is 2.99. The standard InChI is InChI=1S/C23H17ClN2O3/c24-20-9-5-19(6-10-20)23(28)26-14-13-22(27)29-21-11-7-18(8-12-21)17-3-1-16(15-25)2-4-17/h1-12H,13-14H2,(H,26,28). The van der Waals surface area contributed by atoms with Gasteiger partial charge >= 0.3 is 5.97 Å². The van der Waals surface area contributed by atoms with E-state index in [1.54, 1.807) is 48.5 Å². The molecule has 0 fully saturated rings. The number of benzene rings is 3. The normalized spacial score (nSPS) is 10.1. The lowest BCUT2D eigenvalue weighted by molar-refractivity contribution is -0.134. The van der Waals surface area contributed by atoms with E-state index < -0.39 is 5.97 Å². The lowest BCUT2D eigenvalue weighted by Crippen LogP contribution is -2.27. The van der Waals surface area contributed by atoms with E-state index in [1.165, 1.54) is 0 Å². The minimum atomic E-state index is -0.437. The maximum Gasteiger partial charge on any atom is 0.312 e. The molecule has 0 saturated carbocycles. The number of nitrogens with zero attached hydrogens (tertiary/aromatic N) is 1. The lowest BCUT2D eigenvalue weighted by Gasteiger charge is -2.07. The third-order valence-corrected chi connectivity index (χ3v) is 4.41. The number of nitrogens with one attached hydrogen (secondary N) is 1. The summed E-state index contributed by atoms with van der Waals surface area (Å²) in [6, 6.07) is 22.9. The molecule has 0 bridgehead atoms. The highest BCUT2D eigenvalue weighted by Crippen LogP contribution is 2.23. The molecule has 0 atom stereocenters. The van der Waals surface area contributed by atoms with Crippen LogP contribution in [0.15, 0.2) is 72.8 Å². The van der Waals surface area contributed by atoms with Crippen molar-refractivity contribution in [1.29, 1.82) is 5.26 Å². The fraction of sp³-hybridized carbons (Fsp3) is 0.0870. The third kappa shape index (κ3) is 5.68. The molecule has 6 heteroatoms. The lowest BCUT2D eigenvalue weighted by atomic mass is 10.0. The number of ether oxygens (including phenoxy) is 1. The van der Waals surface area contributed by atoms with Crippen LogP contribution < -0.4 is 10.1 Å². The van der Waals surface area contributed by atoms with Gasteiger partial charge in [0.2, 0.25) is 0 Å². The molecule has 0 unspecified atom stereocenters. The molecular formula is C23H17ClN2O3. The van der Waals surface area contributed by atoms with Gasteiger partial charge in [-0.15, -0.1) is 0 Å². The number of esters is 1. The first-order chi connectivity index (χ1) is 14.0. The van der Waals surface area contributed by atoms with Gasteiger partial charge in [0.1, 0.15) is 5.75 Å². The highest BCUT2D eigenvalue weighted by Gasteiger charge is 2.09. The molecule has 0 aliphatic heterocycles. The number of nitriles is 1. The third-order valence-electron chi connectivity index (χ3n) is 4.15. The zero-order valence-corrected chi connectivity index (χ0v) is 16.1. The molecule has 1 N–H and O–H groups in total. The van der Waals surface area contributed by atoms with Crippen molar-refractivity contribution in [3.63, 3.8) is 0 Å². The van der Waals surface area contributed by atoms with Gasteiger partial charge in [-0.25, -0.2) is 0 Å². The number of hydrogen-bond acceptors (Lipinski definition) is 4. The van der Waals surface area contributed by atoms with E-state index in [2.05, 4.69) is 11.4 Å². The highest BCUT2D eigenvalue weighted by molar-refractivity contribution is 6.30. The molecule has 3 aromatic carbocycles. The Morgan fingerprint density at radius 3 is 2.07 bits per heavy atom. The van der Waals surface area contributed by atoms with Crippen LogP contribution in [0.5, 0.6) is 5.75 Å². The zero-order chi connectivity index (χ0) is 20.6. The Bertz CT molecular complexity index is 1040. The summed E-state index contributed by atoms with van der Waals surface area (Å²) in [6.07, 6.45) is 0.0523. The molecule has 5 nitrogen and oxygen atoms in total. The van der Waals surface area contributed by atoms with Crippen LogP contribution in [-0.4, -0.2) is 18.4 Å². The summed E-state index contributed by atoms with van der Waals surface area (Å²) in [6.45, 7) is 0.170. The second-order valence-corrected chi connectivity index (χ2v) is 6.64. The molecule has 1 amide bonds. The van der Waals surface area contributed by atoms with Crippen molar-refractivity contribution < 1.29 is 14.3 Å². The van der Waals surface area contributed by atoms with Gasteiger partial charge in [0.05, 0.1) is 18.1 Å². The van der Waals surface area contributed by atoms with Crippen molar-refractivity contribution in [2.75, 3.05) is 6.54 Å². The van der Waals surface area contributed by atoms with Gasteiger partial charge in [0.25, 0.3) is 5.91 Å². The number of carbonyl (C=O) groups excluding carboxylic acids is 2. The average molecular weight is 405 g/mol. The van der Waals surface area contributed by atoms with E-state index in [0.29, 0.717) is 21.9 Å². The molecular weight excluding hydrogens is 388 g/mol. The predicted octanol–water partition coefficient (Wildman–Crippen LogP) is 4.60. The van der Waals surface area contributed by atoms with Crippen molar-refractivity contribution >= 4 is 23.5 Å². The second-order valence-electron chi connectivity index (χ2n) is 6.20. The van der Waals surface area contributed by atoms with Crippen LogP contribution in [-0.2, 0) is 4.79 Å². The first-order valence-corrected chi connectivity index (χ1v) is 9.28. The maximum atomic E-state index is 12.0. The largest absolute Gasteiger partial charge is 0.426 e. The van der Waals surface area contributed by atoms with Gasteiger partial charge in [-0.2, -0.15) is 5.26 Å². The van der Waals surface area contributed by atoms with Crippen LogP contribution in [0.2, 0.25) is 5.02 Å². The molecule has 0 radical (unpaired) electrons. The average Bonchev–Trinajstić information content (AvgIpc) is 2.75. The second kappa shape index (κ2) is 9.54. The Hall–Kier alpha value is -3.62. The van der Waals surface area contributed by atoms with Crippen molar-refractivity contribution in [2.24, 2.45) is 0 Å². The van der Waals surface area contributed by atoms with Gasteiger partial charge in [-0.3, -0.25) is 9.59 Å². The topological polar surface area (TPSA) is 79.2 Å². The van der Waals surface area contributed by atoms with Crippen LogP contribution in [0.3, 0.4) is 0 Å². The molecule has 144 valence electrons. The Kier molecular flexibility index (Phi) is 6.62. The fourth-order valence-electron chi connectivity index (χ4n) is 2.62. The predicted molar refractivity (Wildman–Crippen MR) is 111 cm³/mol. The molecule has 0 aliphatic carbocycles. The Morgan fingerprint density at radius 1 is 0.897 bits per heavy atom. The smallest absolute Gasteiger partial charge is 0.312 e. The molecule has 29 heavy (non-hydrogen) atoms. The number of rotatable bonds is 6. The fourth-order valence-corrected chi connectivity index (χ4v) is 2.74. The summed E-state index contributed by atoms with van der Waals surface area (Å²) in [5, 5.41) is 12.1. The van der Waals surface area contributed by atoms with Crippen LogP contribution in [0, 0.1) is 11.3 Å². The molecule has 0 spiro atoms. The molecule has 0 heterocycles. The molecule has 3 aromatic rings. The van der Waals surface area contributed by atoms with E-state index in [4.69, 9.17) is 21.6 Å². The summed E-state index contributed by atoms with van der Waals surface area (Å²) >= 11 is 5.79. The first kappa shape index (κ1) is 20.1. The van der Waals surface area contributed by atoms with Crippen molar-refractivity contribution in [1.82, 2.24) is 5.32 Å². The van der Waals surface area contributed by atoms with E-state index >= 15 is 0 Å². The number of amides is 1. The molecule has 0 saturated heterocycles. The quantitative estimate of drug-likeness (QED) is 0.481. The monoisotopic (exact) mass is 404 g/mol. The first-order valence-electron chi connectivity index (χ1n) is 8.90. The van der Waals surface area contributed by atoms with E-state index in [9.17, 15) is 9.59 Å². The van der Waals surface area contributed by atoms with Crippen molar-refractivity contribution in [2.45, 2.75) is 6.42 Å². The van der Waals surface area contributed by atoms with E-state index in [-0.39, 0.29) is 18.9 Å². The van der Waals surface area contributed by atoms with Crippen molar-refractivity contribution in [3.05, 3.63) is 88.9 Å².